The number of hydrogen-bond donors (Lipinski definition) is 1. The Balaban J connectivity index is 1.92. The molecular weight excluding hydrogens is 295 g/mol. The summed E-state index contributed by atoms with van der Waals surface area (Å²) in [4.78, 5) is 11.8. The highest BCUT2D eigenvalue weighted by molar-refractivity contribution is 6.00. The summed E-state index contributed by atoms with van der Waals surface area (Å²) in [6.45, 7) is 3.75. The van der Waals surface area contributed by atoms with Gasteiger partial charge in [0.05, 0.1) is 5.71 Å². The van der Waals surface area contributed by atoms with Gasteiger partial charge in [-0.05, 0) is 48.7 Å². The first-order valence-corrected chi connectivity index (χ1v) is 7.39. The minimum atomic E-state index is -0.348. The second-order valence-corrected chi connectivity index (χ2v) is 5.06. The molecule has 5 heteroatoms. The first kappa shape index (κ1) is 16.7. The summed E-state index contributed by atoms with van der Waals surface area (Å²) in [6.07, 6.45) is 0.616. The van der Waals surface area contributed by atoms with Gasteiger partial charge in [-0.15, -0.1) is 0 Å². The standard InChI is InChI=1S/C18H19FN2O2/c1-3-17(14-7-9-15(19)10-8-14)20-21-18(22)12-23-16-6-4-5-13(2)11-16/h4-11H,3,12H2,1-2H3,(H,21,22)/b20-17-. The Kier molecular flexibility index (Phi) is 5.86. The van der Waals surface area contributed by atoms with Crippen molar-refractivity contribution in [3.05, 3.63) is 65.5 Å². The Morgan fingerprint density at radius 1 is 1.22 bits per heavy atom. The largest absolute Gasteiger partial charge is 0.484 e. The van der Waals surface area contributed by atoms with Gasteiger partial charge in [0.25, 0.3) is 5.91 Å². The van der Waals surface area contributed by atoms with Gasteiger partial charge >= 0.3 is 0 Å². The Morgan fingerprint density at radius 2 is 1.96 bits per heavy atom. The van der Waals surface area contributed by atoms with Crippen LogP contribution < -0.4 is 10.2 Å². The van der Waals surface area contributed by atoms with Crippen molar-refractivity contribution in [2.75, 3.05) is 6.61 Å². The third kappa shape index (κ3) is 5.21. The van der Waals surface area contributed by atoms with Crippen LogP contribution in [0.3, 0.4) is 0 Å². The average molecular weight is 314 g/mol. The highest BCUT2D eigenvalue weighted by Crippen LogP contribution is 2.12. The van der Waals surface area contributed by atoms with Crippen molar-refractivity contribution in [2.24, 2.45) is 5.10 Å². The number of nitrogens with one attached hydrogen (secondary N) is 1. The van der Waals surface area contributed by atoms with E-state index in [4.69, 9.17) is 4.74 Å². The summed E-state index contributed by atoms with van der Waals surface area (Å²) >= 11 is 0. The van der Waals surface area contributed by atoms with Gasteiger partial charge in [-0.1, -0.05) is 31.2 Å². The predicted molar refractivity (Wildman–Crippen MR) is 88.0 cm³/mol. The van der Waals surface area contributed by atoms with Crippen molar-refractivity contribution in [1.82, 2.24) is 5.43 Å². The Bertz CT molecular complexity index is 696. The molecule has 0 fully saturated rings. The minimum Gasteiger partial charge on any atom is -0.484 e. The molecule has 2 aromatic rings. The molecule has 4 nitrogen and oxygen atoms in total. The highest BCUT2D eigenvalue weighted by Gasteiger charge is 2.05. The van der Waals surface area contributed by atoms with E-state index in [-0.39, 0.29) is 18.3 Å². The van der Waals surface area contributed by atoms with Crippen molar-refractivity contribution < 1.29 is 13.9 Å². The molecule has 0 saturated carbocycles. The predicted octanol–water partition coefficient (Wildman–Crippen LogP) is 3.44. The fraction of sp³-hybridized carbons (Fsp3) is 0.222. The topological polar surface area (TPSA) is 50.7 Å². The van der Waals surface area contributed by atoms with Crippen molar-refractivity contribution in [1.29, 1.82) is 0 Å². The van der Waals surface area contributed by atoms with Crippen LogP contribution in [0.4, 0.5) is 4.39 Å². The minimum absolute atomic E-state index is 0.118. The fourth-order valence-electron chi connectivity index (χ4n) is 2.01. The van der Waals surface area contributed by atoms with Crippen LogP contribution in [-0.4, -0.2) is 18.2 Å². The lowest BCUT2D eigenvalue weighted by molar-refractivity contribution is -0.123. The van der Waals surface area contributed by atoms with E-state index in [1.54, 1.807) is 18.2 Å². The molecule has 0 spiro atoms. The number of aryl methyl sites for hydroxylation is 1. The quantitative estimate of drug-likeness (QED) is 0.656. The molecule has 23 heavy (non-hydrogen) atoms. The van der Waals surface area contributed by atoms with Crippen molar-refractivity contribution in [2.45, 2.75) is 20.3 Å². The lowest BCUT2D eigenvalue weighted by Crippen LogP contribution is -2.26. The molecule has 0 aromatic heterocycles. The first-order chi connectivity index (χ1) is 11.1. The second-order valence-electron chi connectivity index (χ2n) is 5.06. The van der Waals surface area contributed by atoms with Gasteiger partial charge in [-0.3, -0.25) is 4.79 Å². The van der Waals surface area contributed by atoms with E-state index in [2.05, 4.69) is 10.5 Å². The molecule has 0 aliphatic carbocycles. The third-order valence-corrected chi connectivity index (χ3v) is 3.19. The van der Waals surface area contributed by atoms with Crippen LogP contribution in [0.25, 0.3) is 0 Å². The molecular formula is C18H19FN2O2. The zero-order valence-electron chi connectivity index (χ0n) is 13.2. The lowest BCUT2D eigenvalue weighted by atomic mass is 10.1. The number of ether oxygens (including phenoxy) is 1. The number of nitrogens with zero attached hydrogens (tertiary/aromatic N) is 1. The third-order valence-electron chi connectivity index (χ3n) is 3.19. The summed E-state index contributed by atoms with van der Waals surface area (Å²) in [5.41, 5.74) is 4.97. The molecule has 120 valence electrons. The fourth-order valence-corrected chi connectivity index (χ4v) is 2.01. The highest BCUT2D eigenvalue weighted by atomic mass is 19.1. The molecule has 0 unspecified atom stereocenters. The molecule has 2 aromatic carbocycles. The van der Waals surface area contributed by atoms with Crippen LogP contribution in [0, 0.1) is 12.7 Å². The molecule has 0 saturated heterocycles. The van der Waals surface area contributed by atoms with E-state index in [9.17, 15) is 9.18 Å². The molecule has 0 atom stereocenters. The Hall–Kier alpha value is -2.69. The maximum atomic E-state index is 12.9. The second kappa shape index (κ2) is 8.08. The van der Waals surface area contributed by atoms with Gasteiger partial charge in [-0.25, -0.2) is 9.82 Å². The van der Waals surface area contributed by atoms with E-state index in [0.29, 0.717) is 17.9 Å². The number of amides is 1. The van der Waals surface area contributed by atoms with Gasteiger partial charge in [0.15, 0.2) is 6.61 Å². The zero-order chi connectivity index (χ0) is 16.7. The monoisotopic (exact) mass is 314 g/mol. The molecule has 2 rings (SSSR count). The van der Waals surface area contributed by atoms with E-state index >= 15 is 0 Å². The van der Waals surface area contributed by atoms with Crippen LogP contribution in [0.5, 0.6) is 5.75 Å². The average Bonchev–Trinajstić information content (AvgIpc) is 2.55. The summed E-state index contributed by atoms with van der Waals surface area (Å²) < 4.78 is 18.3. The summed E-state index contributed by atoms with van der Waals surface area (Å²) in [6, 6.07) is 13.5. The van der Waals surface area contributed by atoms with Gasteiger partial charge in [0, 0.05) is 0 Å². The number of hydrazone groups is 1. The zero-order valence-corrected chi connectivity index (χ0v) is 13.2. The molecule has 0 radical (unpaired) electrons. The number of carbonyl (C=O) groups is 1. The van der Waals surface area contributed by atoms with Crippen molar-refractivity contribution >= 4 is 11.6 Å². The number of carbonyl (C=O) groups excluding carboxylic acids is 1. The van der Waals surface area contributed by atoms with Crippen LogP contribution >= 0.6 is 0 Å². The number of halogens is 1. The van der Waals surface area contributed by atoms with Gasteiger partial charge in [0.1, 0.15) is 11.6 Å². The molecule has 1 amide bonds. The van der Waals surface area contributed by atoms with Crippen LogP contribution in [-0.2, 0) is 4.79 Å². The molecule has 1 N–H and O–H groups in total. The summed E-state index contributed by atoms with van der Waals surface area (Å²) in [7, 11) is 0. The normalized spacial score (nSPS) is 11.2. The molecule has 0 aliphatic heterocycles. The van der Waals surface area contributed by atoms with E-state index in [1.165, 1.54) is 12.1 Å². The van der Waals surface area contributed by atoms with Crippen LogP contribution in [0.2, 0.25) is 0 Å². The number of benzene rings is 2. The molecule has 0 aliphatic rings. The lowest BCUT2D eigenvalue weighted by Gasteiger charge is -2.07. The van der Waals surface area contributed by atoms with Crippen molar-refractivity contribution in [3.63, 3.8) is 0 Å². The first-order valence-electron chi connectivity index (χ1n) is 7.39. The van der Waals surface area contributed by atoms with E-state index in [0.717, 1.165) is 11.1 Å². The van der Waals surface area contributed by atoms with E-state index < -0.39 is 0 Å². The summed E-state index contributed by atoms with van der Waals surface area (Å²) in [5.74, 6) is -0.0160. The summed E-state index contributed by atoms with van der Waals surface area (Å²) in [5, 5.41) is 4.09. The van der Waals surface area contributed by atoms with Gasteiger partial charge in [-0.2, -0.15) is 5.10 Å². The van der Waals surface area contributed by atoms with Crippen LogP contribution in [0.15, 0.2) is 53.6 Å². The Labute approximate surface area is 135 Å². The van der Waals surface area contributed by atoms with Crippen molar-refractivity contribution in [3.8, 4) is 5.75 Å². The molecule has 0 heterocycles. The molecule has 0 bridgehead atoms. The van der Waals surface area contributed by atoms with Gasteiger partial charge < -0.3 is 4.74 Å². The smallest absolute Gasteiger partial charge is 0.277 e. The maximum absolute atomic E-state index is 12.9. The maximum Gasteiger partial charge on any atom is 0.277 e. The SMILES string of the molecule is CC/C(=N/NC(=O)COc1cccc(C)c1)c1ccc(F)cc1. The number of rotatable bonds is 6. The number of hydrogen-bond acceptors (Lipinski definition) is 3. The van der Waals surface area contributed by atoms with E-state index in [1.807, 2.05) is 32.0 Å². The Morgan fingerprint density at radius 3 is 2.61 bits per heavy atom. The van der Waals surface area contributed by atoms with Gasteiger partial charge in [0.2, 0.25) is 0 Å². The van der Waals surface area contributed by atoms with Crippen LogP contribution in [0.1, 0.15) is 24.5 Å².